The van der Waals surface area contributed by atoms with Crippen molar-refractivity contribution < 1.29 is 61.1 Å². The standard InChI is InChI=1S/C16H22N3O15P3/c20-12-6-7-19(16(22)17-12)15-13(18-30-8-10-4-2-1-3-5-10)14(21)11(32-15)9-31-36(26,27)34-37(28,29)33-35(23,24)25/h1-7,11,13-15,18,21H,8-9H2,(H,26,27)(H,28,29)(H,17,20,22)(H2,23,24,25)/t11-,13-,14-,15-/m1/s1. The molecule has 1 aliphatic heterocycles. The zero-order valence-corrected chi connectivity index (χ0v) is 21.1. The van der Waals surface area contributed by atoms with Crippen LogP contribution in [0.3, 0.4) is 0 Å². The average Bonchev–Trinajstić information content (AvgIpc) is 3.06. The molecule has 0 amide bonds. The van der Waals surface area contributed by atoms with Crippen LogP contribution < -0.4 is 16.7 Å². The topological polar surface area (TPSA) is 265 Å². The number of nitrogens with one attached hydrogen (secondary N) is 2. The van der Waals surface area contributed by atoms with Gasteiger partial charge in [0.1, 0.15) is 18.2 Å². The minimum absolute atomic E-state index is 0.0174. The smallest absolute Gasteiger partial charge is 0.388 e. The summed E-state index contributed by atoms with van der Waals surface area (Å²) in [4.78, 5) is 67.1. The highest BCUT2D eigenvalue weighted by Crippen LogP contribution is 2.66. The number of nitrogens with zero attached hydrogens (tertiary/aromatic N) is 1. The Morgan fingerprint density at radius 2 is 1.68 bits per heavy atom. The fourth-order valence-corrected chi connectivity index (χ4v) is 6.17. The zero-order valence-electron chi connectivity index (χ0n) is 18.4. The fourth-order valence-electron chi connectivity index (χ4n) is 3.14. The number of hydroxylamine groups is 1. The second-order valence-corrected chi connectivity index (χ2v) is 11.8. The molecule has 1 aromatic heterocycles. The molecule has 2 heterocycles. The van der Waals surface area contributed by atoms with Gasteiger partial charge in [-0.15, -0.1) is 0 Å². The van der Waals surface area contributed by atoms with Gasteiger partial charge in [-0.1, -0.05) is 30.3 Å². The number of aliphatic hydroxyl groups excluding tert-OH is 1. The van der Waals surface area contributed by atoms with E-state index < -0.39 is 65.8 Å². The number of aromatic amines is 1. The Bertz CT molecular complexity index is 1330. The number of H-pyrrole nitrogens is 1. The molecule has 1 aliphatic rings. The number of aliphatic hydroxyl groups is 1. The number of hydrogen-bond donors (Lipinski definition) is 7. The highest BCUT2D eigenvalue weighted by molar-refractivity contribution is 7.66. The van der Waals surface area contributed by atoms with Crippen LogP contribution in [-0.4, -0.2) is 59.1 Å². The van der Waals surface area contributed by atoms with E-state index in [0.29, 0.717) is 0 Å². The van der Waals surface area contributed by atoms with Gasteiger partial charge in [0.15, 0.2) is 6.23 Å². The van der Waals surface area contributed by atoms with E-state index in [2.05, 4.69) is 18.6 Å². The van der Waals surface area contributed by atoms with Crippen LogP contribution in [0, 0.1) is 0 Å². The summed E-state index contributed by atoms with van der Waals surface area (Å²) in [5, 5.41) is 10.7. The van der Waals surface area contributed by atoms with E-state index >= 15 is 0 Å². The van der Waals surface area contributed by atoms with Gasteiger partial charge in [-0.25, -0.2) is 18.5 Å². The monoisotopic (exact) mass is 589 g/mol. The lowest BCUT2D eigenvalue weighted by molar-refractivity contribution is -0.0606. The molecule has 0 saturated carbocycles. The van der Waals surface area contributed by atoms with Crippen LogP contribution in [0.15, 0.2) is 52.2 Å². The number of phosphoric ester groups is 1. The summed E-state index contributed by atoms with van der Waals surface area (Å²) in [6.07, 6.45) is -3.39. The number of phosphoric acid groups is 3. The first-order valence-corrected chi connectivity index (χ1v) is 14.5. The Morgan fingerprint density at radius 1 is 1.00 bits per heavy atom. The van der Waals surface area contributed by atoms with Crippen molar-refractivity contribution in [2.24, 2.45) is 0 Å². The zero-order chi connectivity index (χ0) is 27.4. The lowest BCUT2D eigenvalue weighted by Gasteiger charge is -2.22. The summed E-state index contributed by atoms with van der Waals surface area (Å²) < 4.78 is 52.4. The van der Waals surface area contributed by atoms with Crippen LogP contribution in [0.4, 0.5) is 0 Å². The Morgan fingerprint density at radius 3 is 2.30 bits per heavy atom. The predicted octanol–water partition coefficient (Wildman–Crippen LogP) is -0.772. The molecule has 6 atom stereocenters. The normalized spacial score (nSPS) is 25.4. The SMILES string of the molecule is O=c1ccn([C@@H]2O[C@H](COP(=O)(O)OP(=O)(O)OP(=O)(O)O)[C@@H](O)[C@H]2NOCc2ccccc2)c(=O)[nH]1. The molecule has 0 radical (unpaired) electrons. The minimum Gasteiger partial charge on any atom is -0.388 e. The second kappa shape index (κ2) is 11.9. The first kappa shape index (κ1) is 29.7. The maximum Gasteiger partial charge on any atom is 0.490 e. The summed E-state index contributed by atoms with van der Waals surface area (Å²) in [5.41, 5.74) is 1.63. The molecule has 7 N–H and O–H groups in total. The van der Waals surface area contributed by atoms with Gasteiger partial charge in [-0.2, -0.15) is 14.1 Å². The van der Waals surface area contributed by atoms with Gasteiger partial charge in [0.2, 0.25) is 0 Å². The Balaban J connectivity index is 1.73. The average molecular weight is 589 g/mol. The fraction of sp³-hybridized carbons (Fsp3) is 0.375. The van der Waals surface area contributed by atoms with E-state index in [1.807, 2.05) is 4.98 Å². The van der Waals surface area contributed by atoms with Gasteiger partial charge in [-0.05, 0) is 5.56 Å². The van der Waals surface area contributed by atoms with E-state index in [0.717, 1.165) is 22.4 Å². The van der Waals surface area contributed by atoms with E-state index in [1.54, 1.807) is 30.3 Å². The molecular formula is C16H22N3O15P3. The van der Waals surface area contributed by atoms with Gasteiger partial charge in [0, 0.05) is 12.3 Å². The lowest BCUT2D eigenvalue weighted by atomic mass is 10.1. The molecule has 0 spiro atoms. The van der Waals surface area contributed by atoms with Gasteiger partial charge in [-0.3, -0.25) is 23.7 Å². The maximum atomic E-state index is 12.3. The molecule has 21 heteroatoms. The highest BCUT2D eigenvalue weighted by atomic mass is 31.3. The third-order valence-electron chi connectivity index (χ3n) is 4.61. The van der Waals surface area contributed by atoms with Gasteiger partial charge in [0.25, 0.3) is 5.56 Å². The van der Waals surface area contributed by atoms with Crippen LogP contribution in [0.5, 0.6) is 0 Å². The Labute approximate surface area is 206 Å². The molecule has 206 valence electrons. The molecular weight excluding hydrogens is 567 g/mol. The number of ether oxygens (including phenoxy) is 1. The number of benzene rings is 1. The Hall–Kier alpha value is -1.85. The maximum absolute atomic E-state index is 12.3. The summed E-state index contributed by atoms with van der Waals surface area (Å²) in [5.74, 6) is 0. The minimum atomic E-state index is -5.76. The highest BCUT2D eigenvalue weighted by Gasteiger charge is 2.47. The van der Waals surface area contributed by atoms with Crippen LogP contribution in [0.1, 0.15) is 11.8 Å². The molecule has 1 saturated heterocycles. The van der Waals surface area contributed by atoms with E-state index in [-0.39, 0.29) is 6.61 Å². The van der Waals surface area contributed by atoms with Gasteiger partial charge < -0.3 is 29.4 Å². The number of aromatic nitrogens is 2. The van der Waals surface area contributed by atoms with Crippen LogP contribution in [0.2, 0.25) is 0 Å². The van der Waals surface area contributed by atoms with E-state index in [1.165, 1.54) is 0 Å². The first-order chi connectivity index (χ1) is 17.2. The van der Waals surface area contributed by atoms with Crippen LogP contribution in [-0.2, 0) is 43.0 Å². The molecule has 37 heavy (non-hydrogen) atoms. The third-order valence-corrected chi connectivity index (χ3v) is 8.42. The van der Waals surface area contributed by atoms with Crippen molar-refractivity contribution in [3.8, 4) is 0 Å². The van der Waals surface area contributed by atoms with E-state index in [4.69, 9.17) is 19.4 Å². The molecule has 3 rings (SSSR count). The van der Waals surface area contributed by atoms with Crippen molar-refractivity contribution in [2.75, 3.05) is 6.61 Å². The van der Waals surface area contributed by atoms with E-state index in [9.17, 15) is 38.2 Å². The molecule has 0 bridgehead atoms. The predicted molar refractivity (Wildman–Crippen MR) is 119 cm³/mol. The summed E-state index contributed by atoms with van der Waals surface area (Å²) >= 11 is 0. The molecule has 0 aliphatic carbocycles. The second-order valence-electron chi connectivity index (χ2n) is 7.38. The molecule has 1 fully saturated rings. The van der Waals surface area contributed by atoms with Gasteiger partial charge >= 0.3 is 29.2 Å². The number of rotatable bonds is 12. The third kappa shape index (κ3) is 8.85. The van der Waals surface area contributed by atoms with Crippen molar-refractivity contribution in [1.29, 1.82) is 0 Å². The van der Waals surface area contributed by atoms with Crippen molar-refractivity contribution in [3.05, 3.63) is 69.0 Å². The lowest BCUT2D eigenvalue weighted by Crippen LogP contribution is -2.46. The summed E-state index contributed by atoms with van der Waals surface area (Å²) in [6.45, 7) is -0.972. The summed E-state index contributed by atoms with van der Waals surface area (Å²) in [6, 6.07) is 8.57. The largest absolute Gasteiger partial charge is 0.490 e. The first-order valence-electron chi connectivity index (χ1n) is 10.0. The van der Waals surface area contributed by atoms with Crippen molar-refractivity contribution in [1.82, 2.24) is 15.0 Å². The van der Waals surface area contributed by atoms with Crippen molar-refractivity contribution >= 4 is 23.5 Å². The molecule has 1 aromatic carbocycles. The molecule has 2 unspecified atom stereocenters. The summed E-state index contributed by atoms with van der Waals surface area (Å²) in [7, 11) is -16.8. The quantitative estimate of drug-likeness (QED) is 0.118. The number of hydrogen-bond acceptors (Lipinski definition) is 12. The van der Waals surface area contributed by atoms with Crippen molar-refractivity contribution in [2.45, 2.75) is 31.1 Å². The van der Waals surface area contributed by atoms with Crippen LogP contribution in [0.25, 0.3) is 0 Å². The molecule has 18 nitrogen and oxygen atoms in total. The van der Waals surface area contributed by atoms with Crippen LogP contribution >= 0.6 is 23.5 Å². The molecule has 2 aromatic rings. The van der Waals surface area contributed by atoms with Crippen molar-refractivity contribution in [3.63, 3.8) is 0 Å². The van der Waals surface area contributed by atoms with Gasteiger partial charge in [0.05, 0.1) is 13.2 Å². The Kier molecular flexibility index (Phi) is 9.56.